The Hall–Kier alpha value is -3.86. The van der Waals surface area contributed by atoms with Gasteiger partial charge in [0.15, 0.2) is 0 Å². The van der Waals surface area contributed by atoms with Crippen molar-refractivity contribution in [3.05, 3.63) is 107 Å². The maximum absolute atomic E-state index is 12.9. The molecule has 0 saturated heterocycles. The van der Waals surface area contributed by atoms with Crippen LogP contribution in [0.3, 0.4) is 0 Å². The third-order valence-corrected chi connectivity index (χ3v) is 4.85. The quantitative estimate of drug-likeness (QED) is 0.394. The molecule has 0 radical (unpaired) electrons. The Morgan fingerprint density at radius 1 is 0.935 bits per heavy atom. The van der Waals surface area contributed by atoms with Crippen LogP contribution in [0.2, 0.25) is 0 Å². The van der Waals surface area contributed by atoms with Gasteiger partial charge < -0.3 is 16.4 Å². The molecule has 0 heterocycles. The van der Waals surface area contributed by atoms with E-state index in [-0.39, 0.29) is 17.5 Å². The lowest BCUT2D eigenvalue weighted by atomic mass is 10.0. The van der Waals surface area contributed by atoms with E-state index in [9.17, 15) is 9.59 Å². The fourth-order valence-corrected chi connectivity index (χ4v) is 3.07. The van der Waals surface area contributed by atoms with E-state index in [0.29, 0.717) is 23.7 Å². The molecule has 0 saturated carbocycles. The summed E-state index contributed by atoms with van der Waals surface area (Å²) in [5, 5.41) is 5.61. The highest BCUT2D eigenvalue weighted by Gasteiger charge is 2.14. The summed E-state index contributed by atoms with van der Waals surface area (Å²) in [6, 6.07) is 24.0. The van der Waals surface area contributed by atoms with E-state index < -0.39 is 0 Å². The average Bonchev–Trinajstić information content (AvgIpc) is 2.78. The first-order valence-electron chi connectivity index (χ1n) is 10.2. The van der Waals surface area contributed by atoms with E-state index in [1.807, 2.05) is 42.5 Å². The van der Waals surface area contributed by atoms with Gasteiger partial charge in [-0.15, -0.1) is 0 Å². The molecule has 0 spiro atoms. The van der Waals surface area contributed by atoms with E-state index >= 15 is 0 Å². The number of nitrogens with one attached hydrogen (secondary N) is 2. The Balaban J connectivity index is 1.82. The van der Waals surface area contributed by atoms with Crippen molar-refractivity contribution < 1.29 is 9.59 Å². The number of amides is 2. The lowest BCUT2D eigenvalue weighted by Gasteiger charge is -2.12. The smallest absolute Gasteiger partial charge is 0.268 e. The highest BCUT2D eigenvalue weighted by Crippen LogP contribution is 2.16. The fraction of sp³-hybridized carbons (Fsp3) is 0.154. The number of rotatable bonds is 7. The highest BCUT2D eigenvalue weighted by molar-refractivity contribution is 6.05. The normalized spacial score (nSPS) is 11.3. The molecule has 158 valence electrons. The molecular formula is C26H27N3O2. The second-order valence-electron chi connectivity index (χ2n) is 7.63. The maximum Gasteiger partial charge on any atom is 0.268 e. The number of benzene rings is 3. The van der Waals surface area contributed by atoms with E-state index in [1.165, 1.54) is 5.56 Å². The molecule has 0 unspecified atom stereocenters. The standard InChI is InChI=1S/C26H27N3O2/c1-18(2)21-13-11-19(12-14-21)16-24(29-25(30)22-8-4-3-5-9-22)26(31)28-17-20-7-6-10-23(27)15-20/h3-16,18H,17,27H2,1-2H3,(H,28,31)(H,29,30). The molecule has 5 nitrogen and oxygen atoms in total. The molecule has 0 aliphatic carbocycles. The molecule has 0 fully saturated rings. The summed E-state index contributed by atoms with van der Waals surface area (Å²) < 4.78 is 0. The molecule has 3 rings (SSSR count). The number of nitrogen functional groups attached to an aromatic ring is 1. The second-order valence-corrected chi connectivity index (χ2v) is 7.63. The van der Waals surface area contributed by atoms with Crippen LogP contribution in [0.4, 0.5) is 5.69 Å². The Kier molecular flexibility index (Phi) is 7.22. The van der Waals surface area contributed by atoms with Crippen LogP contribution in [-0.2, 0) is 11.3 Å². The molecule has 5 heteroatoms. The summed E-state index contributed by atoms with van der Waals surface area (Å²) in [7, 11) is 0. The van der Waals surface area contributed by atoms with Gasteiger partial charge in [-0.25, -0.2) is 0 Å². The number of hydrogen-bond acceptors (Lipinski definition) is 3. The SMILES string of the molecule is CC(C)c1ccc(C=C(NC(=O)c2ccccc2)C(=O)NCc2cccc(N)c2)cc1. The average molecular weight is 414 g/mol. The van der Waals surface area contributed by atoms with Gasteiger partial charge in [-0.3, -0.25) is 9.59 Å². The minimum atomic E-state index is -0.375. The van der Waals surface area contributed by atoms with Crippen LogP contribution in [-0.4, -0.2) is 11.8 Å². The Labute approximate surface area is 183 Å². The molecule has 3 aromatic rings. The molecule has 0 atom stereocenters. The van der Waals surface area contributed by atoms with Crippen LogP contribution < -0.4 is 16.4 Å². The first-order valence-corrected chi connectivity index (χ1v) is 10.2. The van der Waals surface area contributed by atoms with Crippen molar-refractivity contribution in [1.82, 2.24) is 10.6 Å². The van der Waals surface area contributed by atoms with E-state index in [4.69, 9.17) is 5.73 Å². The zero-order valence-corrected chi connectivity index (χ0v) is 17.8. The zero-order valence-electron chi connectivity index (χ0n) is 17.8. The number of carbonyl (C=O) groups is 2. The maximum atomic E-state index is 12.9. The predicted octanol–water partition coefficient (Wildman–Crippen LogP) is 4.48. The first-order chi connectivity index (χ1) is 14.9. The van der Waals surface area contributed by atoms with Crippen LogP contribution in [0.5, 0.6) is 0 Å². The molecule has 0 bridgehead atoms. The topological polar surface area (TPSA) is 84.2 Å². The number of anilines is 1. The number of hydrogen-bond donors (Lipinski definition) is 3. The molecule has 0 aliphatic rings. The minimum Gasteiger partial charge on any atom is -0.399 e. The van der Waals surface area contributed by atoms with Crippen molar-refractivity contribution in [2.45, 2.75) is 26.3 Å². The van der Waals surface area contributed by atoms with Gasteiger partial charge in [0.25, 0.3) is 11.8 Å². The van der Waals surface area contributed by atoms with Crippen molar-refractivity contribution in [3.63, 3.8) is 0 Å². The van der Waals surface area contributed by atoms with Crippen molar-refractivity contribution in [1.29, 1.82) is 0 Å². The lowest BCUT2D eigenvalue weighted by molar-refractivity contribution is -0.117. The molecule has 0 aromatic heterocycles. The first kappa shape index (κ1) is 21.8. The Morgan fingerprint density at radius 3 is 2.29 bits per heavy atom. The van der Waals surface area contributed by atoms with E-state index in [1.54, 1.807) is 42.5 Å². The molecule has 3 aromatic carbocycles. The van der Waals surface area contributed by atoms with Crippen LogP contribution in [0.25, 0.3) is 6.08 Å². The van der Waals surface area contributed by atoms with Gasteiger partial charge in [-0.2, -0.15) is 0 Å². The van der Waals surface area contributed by atoms with Crippen LogP contribution in [0, 0.1) is 0 Å². The number of nitrogens with two attached hydrogens (primary N) is 1. The third-order valence-electron chi connectivity index (χ3n) is 4.85. The van der Waals surface area contributed by atoms with Crippen molar-refractivity contribution >= 4 is 23.6 Å². The summed E-state index contributed by atoms with van der Waals surface area (Å²) >= 11 is 0. The monoisotopic (exact) mass is 413 g/mol. The largest absolute Gasteiger partial charge is 0.399 e. The van der Waals surface area contributed by atoms with Crippen LogP contribution >= 0.6 is 0 Å². The molecule has 2 amide bonds. The lowest BCUT2D eigenvalue weighted by Crippen LogP contribution is -2.34. The predicted molar refractivity (Wildman–Crippen MR) is 125 cm³/mol. The van der Waals surface area contributed by atoms with Crippen LogP contribution in [0.1, 0.15) is 46.8 Å². The van der Waals surface area contributed by atoms with Gasteiger partial charge >= 0.3 is 0 Å². The molecular weight excluding hydrogens is 386 g/mol. The molecule has 31 heavy (non-hydrogen) atoms. The van der Waals surface area contributed by atoms with Gasteiger partial charge in [-0.05, 0) is 52.9 Å². The van der Waals surface area contributed by atoms with Crippen LogP contribution in [0.15, 0.2) is 84.6 Å². The van der Waals surface area contributed by atoms with Crippen molar-refractivity contribution in [3.8, 4) is 0 Å². The highest BCUT2D eigenvalue weighted by atomic mass is 16.2. The minimum absolute atomic E-state index is 0.176. The zero-order chi connectivity index (χ0) is 22.2. The van der Waals surface area contributed by atoms with Gasteiger partial charge in [-0.1, -0.05) is 68.4 Å². The Morgan fingerprint density at radius 2 is 1.65 bits per heavy atom. The van der Waals surface area contributed by atoms with E-state index in [0.717, 1.165) is 11.1 Å². The van der Waals surface area contributed by atoms with Gasteiger partial charge in [0.05, 0.1) is 0 Å². The summed E-state index contributed by atoms with van der Waals surface area (Å²) in [5.41, 5.74) is 10.0. The summed E-state index contributed by atoms with van der Waals surface area (Å²) in [5.74, 6) is -0.304. The van der Waals surface area contributed by atoms with E-state index in [2.05, 4.69) is 24.5 Å². The fourth-order valence-electron chi connectivity index (χ4n) is 3.07. The number of carbonyl (C=O) groups excluding carboxylic acids is 2. The summed E-state index contributed by atoms with van der Waals surface area (Å²) in [6.07, 6.45) is 1.68. The molecule has 0 aliphatic heterocycles. The van der Waals surface area contributed by atoms with Gasteiger partial charge in [0.2, 0.25) is 0 Å². The summed E-state index contributed by atoms with van der Waals surface area (Å²) in [6.45, 7) is 4.55. The third kappa shape index (κ3) is 6.31. The van der Waals surface area contributed by atoms with Crippen molar-refractivity contribution in [2.75, 3.05) is 5.73 Å². The van der Waals surface area contributed by atoms with Gasteiger partial charge in [0, 0.05) is 17.8 Å². The Bertz CT molecular complexity index is 1070. The summed E-state index contributed by atoms with van der Waals surface area (Å²) in [4.78, 5) is 25.6. The van der Waals surface area contributed by atoms with Crippen molar-refractivity contribution in [2.24, 2.45) is 0 Å². The second kappa shape index (κ2) is 10.3. The van der Waals surface area contributed by atoms with Gasteiger partial charge in [0.1, 0.15) is 5.70 Å². The molecule has 4 N–H and O–H groups in total.